The minimum absolute atomic E-state index is 0.875. The van der Waals surface area contributed by atoms with Crippen molar-refractivity contribution in [3.63, 3.8) is 0 Å². The summed E-state index contributed by atoms with van der Waals surface area (Å²) in [7, 11) is 0. The van der Waals surface area contributed by atoms with Gasteiger partial charge in [-0.1, -0.05) is 81.1 Å². The third-order valence-electron chi connectivity index (χ3n) is 4.23. The van der Waals surface area contributed by atoms with Crippen LogP contribution in [-0.4, -0.2) is 11.2 Å². The molecule has 0 aromatic heterocycles. The van der Waals surface area contributed by atoms with Crippen molar-refractivity contribution in [2.24, 2.45) is 0 Å². The van der Waals surface area contributed by atoms with Crippen LogP contribution in [0.5, 0.6) is 0 Å². The fourth-order valence-corrected chi connectivity index (χ4v) is 2.83. The number of rotatable bonds is 7. The Balaban J connectivity index is 1.96. The molecule has 0 spiro atoms. The van der Waals surface area contributed by atoms with Crippen molar-refractivity contribution in [1.82, 2.24) is 0 Å². The molecule has 2 rings (SSSR count). The highest BCUT2D eigenvalue weighted by Crippen LogP contribution is 2.19. The number of aryl methyl sites for hydroxylation is 1. The number of fused-ring (bicyclic) bond motifs is 1. The highest BCUT2D eigenvalue weighted by molar-refractivity contribution is 5.84. The van der Waals surface area contributed by atoms with E-state index < -0.39 is 6.10 Å². The van der Waals surface area contributed by atoms with Gasteiger partial charge in [0.2, 0.25) is 0 Å². The molecule has 0 aliphatic heterocycles. The predicted molar refractivity (Wildman–Crippen MR) is 103 cm³/mol. The first-order chi connectivity index (χ1) is 11.7. The lowest BCUT2D eigenvalue weighted by Crippen LogP contribution is -1.96. The van der Waals surface area contributed by atoms with Crippen LogP contribution in [0.25, 0.3) is 10.8 Å². The molecule has 1 nitrogen and oxygen atoms in total. The van der Waals surface area contributed by atoms with Gasteiger partial charge in [0.05, 0.1) is 0 Å². The van der Waals surface area contributed by atoms with E-state index >= 15 is 0 Å². The molecular weight excluding hydrogens is 292 g/mol. The number of hydrogen-bond donors (Lipinski definition) is 1. The molecular formula is C23H26O. The van der Waals surface area contributed by atoms with Crippen LogP contribution in [0, 0.1) is 24.2 Å². The maximum absolute atomic E-state index is 9.31. The summed E-state index contributed by atoms with van der Waals surface area (Å²) in [6.45, 7) is 2.25. The maximum Gasteiger partial charge on any atom is 0.176 e. The van der Waals surface area contributed by atoms with Crippen LogP contribution in [0.2, 0.25) is 0 Å². The van der Waals surface area contributed by atoms with E-state index in [1.54, 1.807) is 0 Å². The molecule has 0 heterocycles. The van der Waals surface area contributed by atoms with Gasteiger partial charge in [0, 0.05) is 5.56 Å². The molecule has 0 radical (unpaired) electrons. The quantitative estimate of drug-likeness (QED) is 0.557. The van der Waals surface area contributed by atoms with E-state index in [0.717, 1.165) is 12.0 Å². The van der Waals surface area contributed by atoms with Crippen LogP contribution in [-0.2, 0) is 6.42 Å². The van der Waals surface area contributed by atoms with Gasteiger partial charge in [0.25, 0.3) is 0 Å². The zero-order valence-corrected chi connectivity index (χ0v) is 14.5. The fraction of sp³-hybridized carbons (Fsp3) is 0.391. The Bertz CT molecular complexity index is 755. The van der Waals surface area contributed by atoms with Gasteiger partial charge in [0.15, 0.2) is 6.10 Å². The fourth-order valence-electron chi connectivity index (χ4n) is 2.83. The number of aliphatic hydroxyl groups is 1. The molecule has 2 aromatic rings. The van der Waals surface area contributed by atoms with Gasteiger partial charge in [-0.3, -0.25) is 0 Å². The molecule has 124 valence electrons. The monoisotopic (exact) mass is 318 g/mol. The second-order valence-electron chi connectivity index (χ2n) is 6.25. The SMILES string of the molecule is C#CC(O)C#Cc1ccc2cc(CCCCCCCC)ccc2c1. The van der Waals surface area contributed by atoms with E-state index in [4.69, 9.17) is 6.42 Å². The van der Waals surface area contributed by atoms with Crippen molar-refractivity contribution in [2.45, 2.75) is 58.0 Å². The number of unbranched alkanes of at least 4 members (excludes halogenated alkanes) is 5. The molecule has 0 aliphatic rings. The van der Waals surface area contributed by atoms with E-state index in [1.807, 2.05) is 12.1 Å². The van der Waals surface area contributed by atoms with Crippen molar-refractivity contribution in [1.29, 1.82) is 0 Å². The number of aliphatic hydroxyl groups excluding tert-OH is 1. The second-order valence-corrected chi connectivity index (χ2v) is 6.25. The zero-order chi connectivity index (χ0) is 17.2. The lowest BCUT2D eigenvalue weighted by atomic mass is 10.0. The summed E-state index contributed by atoms with van der Waals surface area (Å²) >= 11 is 0. The number of hydrogen-bond acceptors (Lipinski definition) is 1. The molecule has 0 saturated heterocycles. The van der Waals surface area contributed by atoms with Gasteiger partial charge in [-0.2, -0.15) is 0 Å². The van der Waals surface area contributed by atoms with Crippen LogP contribution in [0.4, 0.5) is 0 Å². The van der Waals surface area contributed by atoms with Crippen LogP contribution in [0.1, 0.15) is 56.6 Å². The largest absolute Gasteiger partial charge is 0.369 e. The van der Waals surface area contributed by atoms with Crippen LogP contribution in [0.15, 0.2) is 36.4 Å². The molecule has 0 saturated carbocycles. The number of terminal acetylenes is 1. The first kappa shape index (κ1) is 18.1. The lowest BCUT2D eigenvalue weighted by molar-refractivity contribution is 0.290. The molecule has 0 bridgehead atoms. The summed E-state index contributed by atoms with van der Waals surface area (Å²) in [5, 5.41) is 11.7. The van der Waals surface area contributed by atoms with Gasteiger partial charge >= 0.3 is 0 Å². The van der Waals surface area contributed by atoms with E-state index in [1.165, 1.54) is 54.9 Å². The van der Waals surface area contributed by atoms with Gasteiger partial charge in [-0.25, -0.2) is 0 Å². The molecule has 2 aromatic carbocycles. The Labute approximate surface area is 146 Å². The van der Waals surface area contributed by atoms with Crippen LogP contribution in [0.3, 0.4) is 0 Å². The summed E-state index contributed by atoms with van der Waals surface area (Å²) in [5.74, 6) is 7.76. The Morgan fingerprint density at radius 1 is 0.958 bits per heavy atom. The van der Waals surface area contributed by atoms with Gasteiger partial charge in [-0.15, -0.1) is 6.42 Å². The van der Waals surface area contributed by atoms with Crippen molar-refractivity contribution < 1.29 is 5.11 Å². The van der Waals surface area contributed by atoms with Crippen molar-refractivity contribution in [3.05, 3.63) is 47.5 Å². The second kappa shape index (κ2) is 9.82. The van der Waals surface area contributed by atoms with Gasteiger partial charge in [-0.05, 0) is 41.3 Å². The summed E-state index contributed by atoms with van der Waals surface area (Å²) in [5.41, 5.74) is 2.28. The molecule has 1 N–H and O–H groups in total. The summed E-state index contributed by atoms with van der Waals surface area (Å²) in [6.07, 6.45) is 13.2. The summed E-state index contributed by atoms with van der Waals surface area (Å²) < 4.78 is 0. The molecule has 1 atom stereocenters. The van der Waals surface area contributed by atoms with E-state index in [2.05, 4.69) is 49.0 Å². The normalized spacial score (nSPS) is 11.5. The topological polar surface area (TPSA) is 20.2 Å². The Hall–Kier alpha value is -2.22. The third-order valence-corrected chi connectivity index (χ3v) is 4.23. The number of benzene rings is 2. The molecule has 0 aliphatic carbocycles. The van der Waals surface area contributed by atoms with Crippen molar-refractivity contribution in [2.75, 3.05) is 0 Å². The summed E-state index contributed by atoms with van der Waals surface area (Å²) in [6, 6.07) is 12.8. The van der Waals surface area contributed by atoms with E-state index in [9.17, 15) is 5.11 Å². The van der Waals surface area contributed by atoms with Crippen LogP contribution < -0.4 is 0 Å². The predicted octanol–water partition coefficient (Wildman–Crippen LogP) is 5.09. The summed E-state index contributed by atoms with van der Waals surface area (Å²) in [4.78, 5) is 0. The maximum atomic E-state index is 9.31. The Morgan fingerprint density at radius 2 is 1.67 bits per heavy atom. The molecule has 0 amide bonds. The zero-order valence-electron chi connectivity index (χ0n) is 14.5. The lowest BCUT2D eigenvalue weighted by Gasteiger charge is -2.05. The average Bonchev–Trinajstić information content (AvgIpc) is 2.62. The van der Waals surface area contributed by atoms with E-state index in [-0.39, 0.29) is 0 Å². The standard InChI is InChI=1S/C23H26O/c1-3-5-6-7-8-9-10-19-11-14-22-18-20(12-15-21(22)17-19)13-16-23(24)4-2/h2,11-12,14-15,17-18,23-24H,3,5-10H2,1H3. The Kier molecular flexibility index (Phi) is 7.41. The van der Waals surface area contributed by atoms with Crippen LogP contribution >= 0.6 is 0 Å². The molecule has 1 heteroatoms. The van der Waals surface area contributed by atoms with Gasteiger partial charge < -0.3 is 5.11 Å². The average molecular weight is 318 g/mol. The van der Waals surface area contributed by atoms with Crippen molar-refractivity contribution in [3.8, 4) is 24.2 Å². The first-order valence-electron chi connectivity index (χ1n) is 8.91. The minimum atomic E-state index is -1.000. The minimum Gasteiger partial charge on any atom is -0.369 e. The highest BCUT2D eigenvalue weighted by atomic mass is 16.3. The highest BCUT2D eigenvalue weighted by Gasteiger charge is 1.99. The molecule has 24 heavy (non-hydrogen) atoms. The van der Waals surface area contributed by atoms with Crippen molar-refractivity contribution >= 4 is 10.8 Å². The molecule has 1 unspecified atom stereocenters. The molecule has 0 fully saturated rings. The Morgan fingerprint density at radius 3 is 2.46 bits per heavy atom. The smallest absolute Gasteiger partial charge is 0.176 e. The van der Waals surface area contributed by atoms with Gasteiger partial charge in [0.1, 0.15) is 0 Å². The van der Waals surface area contributed by atoms with E-state index in [0.29, 0.717) is 0 Å². The first-order valence-corrected chi connectivity index (χ1v) is 8.91. The third kappa shape index (κ3) is 5.77.